The molecule has 0 saturated carbocycles. The summed E-state index contributed by atoms with van der Waals surface area (Å²) in [4.78, 5) is 27.1. The Morgan fingerprint density at radius 1 is 0.875 bits per heavy atom. The molecule has 2 heterocycles. The van der Waals surface area contributed by atoms with Gasteiger partial charge in [-0.1, -0.05) is 0 Å². The van der Waals surface area contributed by atoms with Gasteiger partial charge in [-0.05, 0) is 56.1 Å². The van der Waals surface area contributed by atoms with Crippen LogP contribution in [-0.2, 0) is 25.7 Å². The van der Waals surface area contributed by atoms with Crippen LogP contribution in [0.3, 0.4) is 0 Å². The van der Waals surface area contributed by atoms with E-state index in [-0.39, 0.29) is 5.91 Å². The Hall–Kier alpha value is -1.86. The van der Waals surface area contributed by atoms with Crippen LogP contribution in [0, 0.1) is 0 Å². The number of nitrogens with two attached hydrogens (primary N) is 2. The Labute approximate surface area is 148 Å². The van der Waals surface area contributed by atoms with Gasteiger partial charge in [-0.3, -0.25) is 9.59 Å². The standard InChI is InChI=1S/C17H19N3O2S2/c18-14(21)12-8-4-1-2-6-11(8)24-17(12)20-16(22)13-9-5-3-7-10(9)23-15(13)19/h1-7,19H2,(H2,18,21)(H,20,22). The number of fused-ring (bicyclic) bond motifs is 2. The first-order valence-electron chi connectivity index (χ1n) is 8.22. The van der Waals surface area contributed by atoms with Gasteiger partial charge in [0.2, 0.25) is 0 Å². The fourth-order valence-electron chi connectivity index (χ4n) is 3.75. The van der Waals surface area contributed by atoms with E-state index in [2.05, 4.69) is 5.32 Å². The molecule has 0 atom stereocenters. The van der Waals surface area contributed by atoms with Crippen LogP contribution in [0.1, 0.15) is 60.9 Å². The van der Waals surface area contributed by atoms with Crippen molar-refractivity contribution in [3.63, 3.8) is 0 Å². The Bertz CT molecular complexity index is 851. The molecule has 4 rings (SSSR count). The molecule has 0 bridgehead atoms. The number of nitrogen functional groups attached to an aromatic ring is 1. The summed E-state index contributed by atoms with van der Waals surface area (Å²) in [5.74, 6) is -0.679. The van der Waals surface area contributed by atoms with Gasteiger partial charge in [0, 0.05) is 9.75 Å². The lowest BCUT2D eigenvalue weighted by Crippen LogP contribution is -2.19. The minimum absolute atomic E-state index is 0.215. The number of rotatable bonds is 3. The molecule has 2 aliphatic carbocycles. The number of primary amides is 1. The Balaban J connectivity index is 1.70. The van der Waals surface area contributed by atoms with Crippen molar-refractivity contribution in [2.75, 3.05) is 11.1 Å². The number of hydrogen-bond acceptors (Lipinski definition) is 5. The van der Waals surface area contributed by atoms with Crippen molar-refractivity contribution in [3.8, 4) is 0 Å². The summed E-state index contributed by atoms with van der Waals surface area (Å²) in [6, 6.07) is 0. The second kappa shape index (κ2) is 5.89. The highest BCUT2D eigenvalue weighted by Crippen LogP contribution is 2.40. The zero-order chi connectivity index (χ0) is 16.8. The van der Waals surface area contributed by atoms with Crippen LogP contribution >= 0.6 is 22.7 Å². The largest absolute Gasteiger partial charge is 0.390 e. The van der Waals surface area contributed by atoms with Crippen molar-refractivity contribution in [1.29, 1.82) is 0 Å². The Kier molecular flexibility index (Phi) is 3.85. The molecule has 2 aliphatic rings. The van der Waals surface area contributed by atoms with Gasteiger partial charge in [-0.15, -0.1) is 22.7 Å². The van der Waals surface area contributed by atoms with Crippen LogP contribution in [0.5, 0.6) is 0 Å². The van der Waals surface area contributed by atoms with Crippen molar-refractivity contribution in [2.24, 2.45) is 5.73 Å². The summed E-state index contributed by atoms with van der Waals surface area (Å²) in [5, 5.41) is 4.08. The number of hydrogen-bond donors (Lipinski definition) is 3. The van der Waals surface area contributed by atoms with E-state index in [1.165, 1.54) is 32.4 Å². The highest BCUT2D eigenvalue weighted by atomic mass is 32.1. The van der Waals surface area contributed by atoms with E-state index < -0.39 is 5.91 Å². The van der Waals surface area contributed by atoms with Crippen LogP contribution < -0.4 is 16.8 Å². The third-order valence-corrected chi connectivity index (χ3v) is 7.15. The van der Waals surface area contributed by atoms with Crippen LogP contribution in [0.2, 0.25) is 0 Å². The predicted molar refractivity (Wildman–Crippen MR) is 98.2 cm³/mol. The highest BCUT2D eigenvalue weighted by molar-refractivity contribution is 7.17. The van der Waals surface area contributed by atoms with Gasteiger partial charge in [0.15, 0.2) is 0 Å². The van der Waals surface area contributed by atoms with E-state index >= 15 is 0 Å². The number of thiophene rings is 2. The second-order valence-corrected chi connectivity index (χ2v) is 8.57. The first-order chi connectivity index (χ1) is 11.6. The number of carbonyl (C=O) groups excluding carboxylic acids is 2. The third kappa shape index (κ3) is 2.43. The average molecular weight is 361 g/mol. The first kappa shape index (κ1) is 15.7. The van der Waals surface area contributed by atoms with E-state index in [1.54, 1.807) is 0 Å². The minimum atomic E-state index is -0.465. The fourth-order valence-corrected chi connectivity index (χ4v) is 6.20. The second-order valence-electron chi connectivity index (χ2n) is 6.33. The number of aryl methyl sites for hydroxylation is 2. The van der Waals surface area contributed by atoms with E-state index in [9.17, 15) is 9.59 Å². The molecule has 2 aromatic heterocycles. The van der Waals surface area contributed by atoms with Gasteiger partial charge in [0.25, 0.3) is 11.8 Å². The highest BCUT2D eigenvalue weighted by Gasteiger charge is 2.29. The SMILES string of the molecule is NC(=O)c1c(NC(=O)c2c(N)sc3c2CCC3)sc2c1CCCC2. The Morgan fingerprint density at radius 2 is 1.50 bits per heavy atom. The lowest BCUT2D eigenvalue weighted by molar-refractivity contribution is 0.100. The molecule has 0 unspecified atom stereocenters. The van der Waals surface area contributed by atoms with Gasteiger partial charge < -0.3 is 16.8 Å². The van der Waals surface area contributed by atoms with E-state index in [0.29, 0.717) is 21.1 Å². The zero-order valence-electron chi connectivity index (χ0n) is 13.2. The Morgan fingerprint density at radius 3 is 2.29 bits per heavy atom. The molecule has 7 heteroatoms. The van der Waals surface area contributed by atoms with E-state index in [4.69, 9.17) is 11.5 Å². The van der Waals surface area contributed by atoms with Crippen molar-refractivity contribution < 1.29 is 9.59 Å². The average Bonchev–Trinajstić information content (AvgIpc) is 3.18. The first-order valence-corrected chi connectivity index (χ1v) is 9.85. The van der Waals surface area contributed by atoms with Gasteiger partial charge in [-0.2, -0.15) is 0 Å². The van der Waals surface area contributed by atoms with E-state index in [0.717, 1.165) is 56.1 Å². The van der Waals surface area contributed by atoms with Crippen LogP contribution in [0.25, 0.3) is 0 Å². The molecule has 0 aliphatic heterocycles. The summed E-state index contributed by atoms with van der Waals surface area (Å²) in [7, 11) is 0. The molecule has 2 amide bonds. The number of anilines is 2. The minimum Gasteiger partial charge on any atom is -0.390 e. The smallest absolute Gasteiger partial charge is 0.259 e. The molecule has 5 nitrogen and oxygen atoms in total. The maximum absolute atomic E-state index is 12.8. The fraction of sp³-hybridized carbons (Fsp3) is 0.412. The molecule has 0 fully saturated rings. The molecular formula is C17H19N3O2S2. The molecule has 0 saturated heterocycles. The normalized spacial score (nSPS) is 15.8. The van der Waals surface area contributed by atoms with Crippen molar-refractivity contribution >= 4 is 44.5 Å². The van der Waals surface area contributed by atoms with Crippen molar-refractivity contribution in [3.05, 3.63) is 32.0 Å². The number of amides is 2. The maximum Gasteiger partial charge on any atom is 0.259 e. The number of carbonyl (C=O) groups is 2. The maximum atomic E-state index is 12.8. The number of nitrogens with one attached hydrogen (secondary N) is 1. The van der Waals surface area contributed by atoms with Crippen LogP contribution in [0.15, 0.2) is 0 Å². The summed E-state index contributed by atoms with van der Waals surface area (Å²) < 4.78 is 0. The zero-order valence-corrected chi connectivity index (χ0v) is 14.9. The van der Waals surface area contributed by atoms with Gasteiger partial charge in [0.1, 0.15) is 5.00 Å². The third-order valence-electron chi connectivity index (χ3n) is 4.82. The summed E-state index contributed by atoms with van der Waals surface area (Å²) in [6.07, 6.45) is 6.95. The van der Waals surface area contributed by atoms with Crippen molar-refractivity contribution in [2.45, 2.75) is 44.9 Å². The summed E-state index contributed by atoms with van der Waals surface area (Å²) in [5.41, 5.74) is 14.9. The predicted octanol–water partition coefficient (Wildman–Crippen LogP) is 3.11. The van der Waals surface area contributed by atoms with Gasteiger partial charge in [-0.25, -0.2) is 0 Å². The molecule has 0 aromatic carbocycles. The van der Waals surface area contributed by atoms with Crippen molar-refractivity contribution in [1.82, 2.24) is 0 Å². The summed E-state index contributed by atoms with van der Waals surface area (Å²) in [6.45, 7) is 0. The molecule has 24 heavy (non-hydrogen) atoms. The molecule has 2 aromatic rings. The van der Waals surface area contributed by atoms with Gasteiger partial charge >= 0.3 is 0 Å². The quantitative estimate of drug-likeness (QED) is 0.783. The molecule has 0 radical (unpaired) electrons. The lowest BCUT2D eigenvalue weighted by atomic mass is 9.95. The summed E-state index contributed by atoms with van der Waals surface area (Å²) >= 11 is 2.99. The monoisotopic (exact) mass is 361 g/mol. The molecule has 126 valence electrons. The van der Waals surface area contributed by atoms with Crippen LogP contribution in [-0.4, -0.2) is 11.8 Å². The van der Waals surface area contributed by atoms with Crippen LogP contribution in [0.4, 0.5) is 10.0 Å². The van der Waals surface area contributed by atoms with Gasteiger partial charge in [0.05, 0.1) is 16.1 Å². The molecule has 0 spiro atoms. The lowest BCUT2D eigenvalue weighted by Gasteiger charge is -2.11. The topological polar surface area (TPSA) is 98.2 Å². The van der Waals surface area contributed by atoms with E-state index in [1.807, 2.05) is 0 Å². The molecule has 5 N–H and O–H groups in total. The molecular weight excluding hydrogens is 342 g/mol.